The molecule has 0 unspecified atom stereocenters. The van der Waals surface area contributed by atoms with Gasteiger partial charge in [0, 0.05) is 6.54 Å². The fourth-order valence-electron chi connectivity index (χ4n) is 4.58. The van der Waals surface area contributed by atoms with E-state index in [1.165, 1.54) is 19.1 Å². The van der Waals surface area contributed by atoms with Gasteiger partial charge >= 0.3 is 30.0 Å². The molecule has 2 rings (SSSR count). The highest BCUT2D eigenvalue weighted by atomic mass is 16.6. The van der Waals surface area contributed by atoms with Crippen molar-refractivity contribution in [2.75, 3.05) is 20.8 Å². The highest BCUT2D eigenvalue weighted by molar-refractivity contribution is 5.83. The first kappa shape index (κ1) is 36.2. The Morgan fingerprint density at radius 1 is 0.512 bits per heavy atom. The first-order valence-corrected chi connectivity index (χ1v) is 14.3. The van der Waals surface area contributed by atoms with E-state index in [0.29, 0.717) is 25.7 Å². The third-order valence-corrected chi connectivity index (χ3v) is 6.43. The Kier molecular flexibility index (Phi) is 13.1. The SMILES string of the molecule is COC(=O)C1CCC(C(=O)OC(C)(C)C)CC1.COC(=O)[C@H]1CC[C@@H](C(=O)OC(C)(C)C)N(C(=O)OC(C)(C)C)C1. The zero-order chi connectivity index (χ0) is 31.8. The molecule has 41 heavy (non-hydrogen) atoms. The number of hydrogen-bond donors (Lipinski definition) is 0. The molecule has 1 aliphatic carbocycles. The summed E-state index contributed by atoms with van der Waals surface area (Å²) in [7, 11) is 2.71. The molecule has 0 spiro atoms. The van der Waals surface area contributed by atoms with Gasteiger partial charge in [-0.05, 0) is 101 Å². The topological polar surface area (TPSA) is 135 Å². The predicted molar refractivity (Wildman–Crippen MR) is 151 cm³/mol. The summed E-state index contributed by atoms with van der Waals surface area (Å²) in [5, 5.41) is 0. The minimum absolute atomic E-state index is 0.0429. The van der Waals surface area contributed by atoms with Crippen molar-refractivity contribution in [3.05, 3.63) is 0 Å². The Balaban J connectivity index is 0.000000435. The number of carbonyl (C=O) groups excluding carboxylic acids is 5. The molecule has 1 heterocycles. The largest absolute Gasteiger partial charge is 0.469 e. The highest BCUT2D eigenvalue weighted by Crippen LogP contribution is 2.31. The lowest BCUT2D eigenvalue weighted by molar-refractivity contribution is -0.165. The van der Waals surface area contributed by atoms with Gasteiger partial charge in [0.15, 0.2) is 0 Å². The van der Waals surface area contributed by atoms with Gasteiger partial charge in [-0.15, -0.1) is 0 Å². The molecule has 1 saturated heterocycles. The van der Waals surface area contributed by atoms with Crippen LogP contribution >= 0.6 is 0 Å². The van der Waals surface area contributed by atoms with Gasteiger partial charge in [0.1, 0.15) is 22.8 Å². The number of ether oxygens (including phenoxy) is 5. The number of rotatable bonds is 4. The van der Waals surface area contributed by atoms with Crippen molar-refractivity contribution >= 4 is 30.0 Å². The summed E-state index contributed by atoms with van der Waals surface area (Å²) in [6.45, 7) is 16.2. The van der Waals surface area contributed by atoms with Crippen LogP contribution < -0.4 is 0 Å². The first-order valence-electron chi connectivity index (χ1n) is 14.3. The van der Waals surface area contributed by atoms with Gasteiger partial charge in [-0.2, -0.15) is 0 Å². The maximum atomic E-state index is 12.5. The summed E-state index contributed by atoms with van der Waals surface area (Å²) in [6, 6.07) is -0.764. The van der Waals surface area contributed by atoms with Crippen LogP contribution in [-0.2, 0) is 42.9 Å². The van der Waals surface area contributed by atoms with Gasteiger partial charge in [0.2, 0.25) is 0 Å². The summed E-state index contributed by atoms with van der Waals surface area (Å²) >= 11 is 0. The van der Waals surface area contributed by atoms with Crippen molar-refractivity contribution in [2.45, 2.75) is 124 Å². The molecule has 11 nitrogen and oxygen atoms in total. The number of methoxy groups -OCH3 is 2. The summed E-state index contributed by atoms with van der Waals surface area (Å²) < 4.78 is 25.6. The molecule has 0 aromatic rings. The lowest BCUT2D eigenvalue weighted by Gasteiger charge is -2.38. The molecule has 0 bridgehead atoms. The normalized spacial score (nSPS) is 23.2. The minimum atomic E-state index is -0.764. The monoisotopic (exact) mass is 585 g/mol. The number of nitrogens with zero attached hydrogens (tertiary/aromatic N) is 1. The Labute approximate surface area is 244 Å². The van der Waals surface area contributed by atoms with Crippen LogP contribution in [0.25, 0.3) is 0 Å². The molecule has 2 aliphatic rings. The van der Waals surface area contributed by atoms with Gasteiger partial charge < -0.3 is 23.7 Å². The molecule has 0 N–H and O–H groups in total. The number of likely N-dealkylation sites (tertiary alicyclic amines) is 1. The molecule has 0 radical (unpaired) electrons. The number of esters is 4. The number of amides is 1. The second-order valence-corrected chi connectivity index (χ2v) is 13.6. The molecular weight excluding hydrogens is 534 g/mol. The van der Waals surface area contributed by atoms with E-state index < -0.39 is 46.8 Å². The zero-order valence-electron chi connectivity index (χ0n) is 26.8. The summed E-state index contributed by atoms with van der Waals surface area (Å²) in [5.74, 6) is -1.76. The van der Waals surface area contributed by atoms with Crippen molar-refractivity contribution in [2.24, 2.45) is 17.8 Å². The molecular formula is C30H51NO10. The lowest BCUT2D eigenvalue weighted by Crippen LogP contribution is -2.54. The summed E-state index contributed by atoms with van der Waals surface area (Å²) in [4.78, 5) is 61.2. The van der Waals surface area contributed by atoms with Gasteiger partial charge in [0.05, 0.1) is 32.0 Å². The Bertz CT molecular complexity index is 917. The number of carbonyl (C=O) groups is 5. The van der Waals surface area contributed by atoms with Gasteiger partial charge in [-0.1, -0.05) is 0 Å². The van der Waals surface area contributed by atoms with Crippen LogP contribution in [0.3, 0.4) is 0 Å². The van der Waals surface area contributed by atoms with Crippen molar-refractivity contribution in [3.63, 3.8) is 0 Å². The molecule has 2 atom stereocenters. The van der Waals surface area contributed by atoms with E-state index in [9.17, 15) is 24.0 Å². The molecule has 1 amide bonds. The molecule has 11 heteroatoms. The predicted octanol–water partition coefficient (Wildman–Crippen LogP) is 4.82. The third kappa shape index (κ3) is 13.1. The van der Waals surface area contributed by atoms with Crippen molar-refractivity contribution in [3.8, 4) is 0 Å². The smallest absolute Gasteiger partial charge is 0.411 e. The van der Waals surface area contributed by atoms with E-state index in [1.807, 2.05) is 20.8 Å². The second-order valence-electron chi connectivity index (χ2n) is 13.6. The van der Waals surface area contributed by atoms with E-state index in [0.717, 1.165) is 12.8 Å². The average Bonchev–Trinajstić information content (AvgIpc) is 2.84. The molecule has 2 fully saturated rings. The van der Waals surface area contributed by atoms with Crippen LogP contribution in [0.4, 0.5) is 4.79 Å². The van der Waals surface area contributed by atoms with Gasteiger partial charge in [0.25, 0.3) is 0 Å². The van der Waals surface area contributed by atoms with Gasteiger partial charge in [-0.25, -0.2) is 9.59 Å². The maximum Gasteiger partial charge on any atom is 0.411 e. The van der Waals surface area contributed by atoms with Crippen LogP contribution in [-0.4, -0.2) is 78.5 Å². The van der Waals surface area contributed by atoms with Crippen molar-refractivity contribution in [1.82, 2.24) is 4.90 Å². The van der Waals surface area contributed by atoms with Crippen molar-refractivity contribution < 1.29 is 47.7 Å². The molecule has 236 valence electrons. The van der Waals surface area contributed by atoms with E-state index in [-0.39, 0.29) is 30.3 Å². The Morgan fingerprint density at radius 2 is 0.878 bits per heavy atom. The van der Waals surface area contributed by atoms with E-state index in [2.05, 4.69) is 0 Å². The van der Waals surface area contributed by atoms with E-state index in [4.69, 9.17) is 23.7 Å². The van der Waals surface area contributed by atoms with Crippen LogP contribution in [0, 0.1) is 17.8 Å². The lowest BCUT2D eigenvalue weighted by atomic mass is 9.82. The number of piperidine rings is 1. The average molecular weight is 586 g/mol. The Morgan fingerprint density at radius 3 is 1.29 bits per heavy atom. The van der Waals surface area contributed by atoms with Crippen molar-refractivity contribution in [1.29, 1.82) is 0 Å². The minimum Gasteiger partial charge on any atom is -0.469 e. The highest BCUT2D eigenvalue weighted by Gasteiger charge is 2.42. The quantitative estimate of drug-likeness (QED) is 0.334. The Hall–Kier alpha value is -2.85. The van der Waals surface area contributed by atoms with E-state index >= 15 is 0 Å². The molecule has 0 aromatic heterocycles. The standard InChI is InChI=1S/C17H29NO6.C13H22O4/c1-16(2,3)23-14(20)12-9-8-11(13(19)22-7)10-18(12)15(21)24-17(4,5)6;1-13(2,3)17-12(15)10-7-5-9(6-8-10)11(14)16-4/h11-12H,8-10H2,1-7H3;9-10H,5-8H2,1-4H3/t11-,12-;/m0./s1. The van der Waals surface area contributed by atoms with Crippen LogP contribution in [0.15, 0.2) is 0 Å². The van der Waals surface area contributed by atoms with E-state index in [1.54, 1.807) is 41.5 Å². The number of hydrogen-bond acceptors (Lipinski definition) is 10. The molecule has 0 aromatic carbocycles. The second kappa shape index (κ2) is 14.9. The van der Waals surface area contributed by atoms with Crippen LogP contribution in [0.2, 0.25) is 0 Å². The third-order valence-electron chi connectivity index (χ3n) is 6.43. The molecule has 1 aliphatic heterocycles. The first-order chi connectivity index (χ1) is 18.7. The maximum absolute atomic E-state index is 12.5. The fourth-order valence-corrected chi connectivity index (χ4v) is 4.58. The van der Waals surface area contributed by atoms with Crippen LogP contribution in [0.5, 0.6) is 0 Å². The zero-order valence-corrected chi connectivity index (χ0v) is 26.8. The summed E-state index contributed by atoms with van der Waals surface area (Å²) in [5.41, 5.74) is -1.79. The summed E-state index contributed by atoms with van der Waals surface area (Å²) in [6.07, 6.45) is 3.02. The van der Waals surface area contributed by atoms with Crippen LogP contribution in [0.1, 0.15) is 101 Å². The van der Waals surface area contributed by atoms with Gasteiger partial charge in [-0.3, -0.25) is 19.3 Å². The molecule has 1 saturated carbocycles. The fraction of sp³-hybridized carbons (Fsp3) is 0.833.